The average Bonchev–Trinajstić information content (AvgIpc) is 2.69. The Kier molecular flexibility index (Phi) is 7.87. The Bertz CT molecular complexity index is 852. The lowest BCUT2D eigenvalue weighted by atomic mass is 10.1. The van der Waals surface area contributed by atoms with E-state index < -0.39 is 16.1 Å². The summed E-state index contributed by atoms with van der Waals surface area (Å²) in [7, 11) is -1.96. The third-order valence-corrected chi connectivity index (χ3v) is 5.62. The van der Waals surface area contributed by atoms with E-state index in [1.54, 1.807) is 31.4 Å². The third-order valence-electron chi connectivity index (χ3n) is 4.44. The third kappa shape index (κ3) is 5.99. The Morgan fingerprint density at radius 3 is 2.29 bits per heavy atom. The molecule has 0 spiro atoms. The zero-order valence-corrected chi connectivity index (χ0v) is 17.4. The van der Waals surface area contributed by atoms with Crippen molar-refractivity contribution in [1.29, 1.82) is 0 Å². The van der Waals surface area contributed by atoms with Gasteiger partial charge in [-0.3, -0.25) is 9.10 Å². The molecular formula is C21H28N2O4S. The van der Waals surface area contributed by atoms with Crippen molar-refractivity contribution >= 4 is 21.6 Å². The maximum Gasteiger partial charge on any atom is 0.243 e. The highest BCUT2D eigenvalue weighted by Crippen LogP contribution is 2.22. The number of carbonyl (C=O) groups excluding carboxylic acids is 1. The highest BCUT2D eigenvalue weighted by Gasteiger charge is 2.31. The molecule has 1 atom stereocenters. The number of sulfonamides is 1. The Morgan fingerprint density at radius 1 is 1.11 bits per heavy atom. The SMILES string of the molecule is CC[C@H](C(=O)NCCCc1ccc(OC)cc1)N(c1ccccc1)S(C)(=O)=O. The molecule has 0 aliphatic rings. The summed E-state index contributed by atoms with van der Waals surface area (Å²) in [6, 6.07) is 15.7. The van der Waals surface area contributed by atoms with Gasteiger partial charge in [0.25, 0.3) is 0 Å². The maximum atomic E-state index is 12.7. The van der Waals surface area contributed by atoms with Gasteiger partial charge in [-0.15, -0.1) is 0 Å². The van der Waals surface area contributed by atoms with Gasteiger partial charge in [0.15, 0.2) is 0 Å². The predicted molar refractivity (Wildman–Crippen MR) is 112 cm³/mol. The Morgan fingerprint density at radius 2 is 1.75 bits per heavy atom. The number of methoxy groups -OCH3 is 1. The Labute approximate surface area is 167 Å². The number of carbonyl (C=O) groups is 1. The maximum absolute atomic E-state index is 12.7. The molecule has 0 aromatic heterocycles. The van der Waals surface area contributed by atoms with Crippen LogP contribution in [0.3, 0.4) is 0 Å². The van der Waals surface area contributed by atoms with E-state index in [9.17, 15) is 13.2 Å². The van der Waals surface area contributed by atoms with Crippen LogP contribution in [0.1, 0.15) is 25.3 Å². The number of amides is 1. The quantitative estimate of drug-likeness (QED) is 0.618. The van der Waals surface area contributed by atoms with Gasteiger partial charge in [-0.25, -0.2) is 8.42 Å². The lowest BCUT2D eigenvalue weighted by molar-refractivity contribution is -0.122. The molecule has 0 aliphatic carbocycles. The lowest BCUT2D eigenvalue weighted by Crippen LogP contribution is -2.49. The highest BCUT2D eigenvalue weighted by atomic mass is 32.2. The first-order valence-corrected chi connectivity index (χ1v) is 11.2. The van der Waals surface area contributed by atoms with Gasteiger partial charge in [0.2, 0.25) is 15.9 Å². The summed E-state index contributed by atoms with van der Waals surface area (Å²) in [6.07, 6.45) is 3.08. The monoisotopic (exact) mass is 404 g/mol. The van der Waals surface area contributed by atoms with Gasteiger partial charge in [-0.2, -0.15) is 0 Å². The van der Waals surface area contributed by atoms with Crippen LogP contribution in [-0.4, -0.2) is 40.3 Å². The topological polar surface area (TPSA) is 75.7 Å². The second-order valence-corrected chi connectivity index (χ2v) is 8.42. The van der Waals surface area contributed by atoms with Crippen molar-refractivity contribution in [3.8, 4) is 5.75 Å². The van der Waals surface area contributed by atoms with Crippen LogP contribution in [0.25, 0.3) is 0 Å². The molecule has 0 aliphatic heterocycles. The van der Waals surface area contributed by atoms with Crippen molar-refractivity contribution < 1.29 is 17.9 Å². The fourth-order valence-corrected chi connectivity index (χ4v) is 4.26. The minimum Gasteiger partial charge on any atom is -0.497 e. The number of ether oxygens (including phenoxy) is 1. The van der Waals surface area contributed by atoms with Crippen molar-refractivity contribution in [1.82, 2.24) is 5.32 Å². The second kappa shape index (κ2) is 10.1. The molecule has 1 N–H and O–H groups in total. The van der Waals surface area contributed by atoms with Gasteiger partial charge in [-0.1, -0.05) is 37.3 Å². The molecule has 2 rings (SSSR count). The van der Waals surface area contributed by atoms with Crippen molar-refractivity contribution in [2.75, 3.05) is 24.2 Å². The van der Waals surface area contributed by atoms with E-state index in [2.05, 4.69) is 5.32 Å². The Balaban J connectivity index is 1.97. The van der Waals surface area contributed by atoms with Crippen LogP contribution in [-0.2, 0) is 21.2 Å². The first-order valence-electron chi connectivity index (χ1n) is 9.32. The normalized spacial score (nSPS) is 12.2. The molecule has 7 heteroatoms. The fourth-order valence-electron chi connectivity index (χ4n) is 3.05. The van der Waals surface area contributed by atoms with E-state index in [0.29, 0.717) is 18.7 Å². The predicted octanol–water partition coefficient (Wildman–Crippen LogP) is 2.99. The molecule has 2 aromatic carbocycles. The van der Waals surface area contributed by atoms with Crippen molar-refractivity contribution in [3.05, 3.63) is 60.2 Å². The Hall–Kier alpha value is -2.54. The summed E-state index contributed by atoms with van der Waals surface area (Å²) in [6.45, 7) is 2.29. The van der Waals surface area contributed by atoms with Crippen LogP contribution < -0.4 is 14.4 Å². The first kappa shape index (κ1) is 21.8. The van der Waals surface area contributed by atoms with Crippen molar-refractivity contribution in [3.63, 3.8) is 0 Å². The minimum atomic E-state index is -3.59. The van der Waals surface area contributed by atoms with E-state index in [1.165, 1.54) is 4.31 Å². The van der Waals surface area contributed by atoms with Crippen molar-refractivity contribution in [2.45, 2.75) is 32.2 Å². The van der Waals surface area contributed by atoms with E-state index in [1.807, 2.05) is 37.3 Å². The number of hydrogen-bond donors (Lipinski definition) is 1. The zero-order valence-electron chi connectivity index (χ0n) is 16.6. The van der Waals surface area contributed by atoms with E-state index in [4.69, 9.17) is 4.74 Å². The summed E-state index contributed by atoms with van der Waals surface area (Å²) < 4.78 is 31.0. The fraction of sp³-hybridized carbons (Fsp3) is 0.381. The molecule has 0 saturated heterocycles. The molecule has 0 heterocycles. The van der Waals surface area contributed by atoms with Crippen LogP contribution in [0.5, 0.6) is 5.75 Å². The molecule has 0 saturated carbocycles. The van der Waals surface area contributed by atoms with Gasteiger partial charge >= 0.3 is 0 Å². The number of rotatable bonds is 10. The van der Waals surface area contributed by atoms with Crippen molar-refractivity contribution in [2.24, 2.45) is 0 Å². The standard InChI is InChI=1S/C21H28N2O4S/c1-4-20(23(28(3,25)26)18-10-6-5-7-11-18)21(24)22-16-8-9-17-12-14-19(27-2)15-13-17/h5-7,10-15,20H,4,8-9,16H2,1-3H3,(H,22,24)/t20-/m1/s1. The molecule has 0 unspecified atom stereocenters. The second-order valence-electron chi connectivity index (χ2n) is 6.56. The van der Waals surface area contributed by atoms with Gasteiger partial charge in [0, 0.05) is 6.54 Å². The largest absolute Gasteiger partial charge is 0.497 e. The molecule has 0 radical (unpaired) electrons. The molecule has 6 nitrogen and oxygen atoms in total. The number of anilines is 1. The van der Waals surface area contributed by atoms with Gasteiger partial charge in [-0.05, 0) is 49.1 Å². The molecule has 28 heavy (non-hydrogen) atoms. The van der Waals surface area contributed by atoms with E-state index >= 15 is 0 Å². The molecular weight excluding hydrogens is 376 g/mol. The number of benzene rings is 2. The first-order chi connectivity index (χ1) is 13.4. The van der Waals surface area contributed by atoms with Crippen LogP contribution in [0.2, 0.25) is 0 Å². The lowest BCUT2D eigenvalue weighted by Gasteiger charge is -2.30. The average molecular weight is 405 g/mol. The molecule has 152 valence electrons. The van der Waals surface area contributed by atoms with Crippen LogP contribution in [0.15, 0.2) is 54.6 Å². The number of aryl methyl sites for hydroxylation is 1. The number of para-hydroxylation sites is 1. The van der Waals surface area contributed by atoms with E-state index in [0.717, 1.165) is 30.4 Å². The van der Waals surface area contributed by atoms with Crippen LogP contribution >= 0.6 is 0 Å². The van der Waals surface area contributed by atoms with E-state index in [-0.39, 0.29) is 5.91 Å². The van der Waals surface area contributed by atoms with Gasteiger partial charge < -0.3 is 10.1 Å². The molecule has 0 fully saturated rings. The van der Waals surface area contributed by atoms with Crippen LogP contribution in [0.4, 0.5) is 5.69 Å². The zero-order chi connectivity index (χ0) is 20.6. The highest BCUT2D eigenvalue weighted by molar-refractivity contribution is 7.92. The molecule has 1 amide bonds. The summed E-state index contributed by atoms with van der Waals surface area (Å²) in [4.78, 5) is 12.7. The smallest absolute Gasteiger partial charge is 0.243 e. The number of hydrogen-bond acceptors (Lipinski definition) is 4. The number of nitrogens with one attached hydrogen (secondary N) is 1. The summed E-state index contributed by atoms with van der Waals surface area (Å²) in [5.74, 6) is 0.524. The van der Waals surface area contributed by atoms with Crippen LogP contribution in [0, 0.1) is 0 Å². The minimum absolute atomic E-state index is 0.286. The summed E-state index contributed by atoms with van der Waals surface area (Å²) in [5, 5.41) is 2.88. The van der Waals surface area contributed by atoms with Gasteiger partial charge in [0.1, 0.15) is 11.8 Å². The number of nitrogens with zero attached hydrogens (tertiary/aromatic N) is 1. The summed E-state index contributed by atoms with van der Waals surface area (Å²) >= 11 is 0. The molecule has 0 bridgehead atoms. The molecule has 2 aromatic rings. The summed E-state index contributed by atoms with van der Waals surface area (Å²) in [5.41, 5.74) is 1.65. The van der Waals surface area contributed by atoms with Gasteiger partial charge in [0.05, 0.1) is 19.1 Å².